The van der Waals surface area contributed by atoms with Crippen molar-refractivity contribution in [3.05, 3.63) is 33.8 Å². The summed E-state index contributed by atoms with van der Waals surface area (Å²) in [6.07, 6.45) is 1.02. The van der Waals surface area contributed by atoms with Gasteiger partial charge in [0.25, 0.3) is 0 Å². The molecule has 1 fully saturated rings. The Morgan fingerprint density at radius 2 is 2.15 bits per heavy atom. The highest BCUT2D eigenvalue weighted by Crippen LogP contribution is 2.49. The molecule has 0 bridgehead atoms. The third-order valence-electron chi connectivity index (χ3n) is 2.51. The lowest BCUT2D eigenvalue weighted by atomic mass is 10.1. The van der Waals surface area contributed by atoms with Crippen LogP contribution >= 0.6 is 23.2 Å². The van der Waals surface area contributed by atoms with Gasteiger partial charge in [-0.15, -0.1) is 0 Å². The highest BCUT2D eigenvalue weighted by atomic mass is 35.5. The molecule has 0 aliphatic heterocycles. The molecule has 1 N–H and O–H groups in total. The third kappa shape index (κ3) is 1.83. The Bertz CT molecular complexity index is 325. The Balaban J connectivity index is 2.25. The first-order chi connectivity index (χ1) is 6.22. The zero-order valence-corrected chi connectivity index (χ0v) is 8.52. The topological polar surface area (TPSA) is 20.2 Å². The summed E-state index contributed by atoms with van der Waals surface area (Å²) in [5, 5.41) is 10.4. The predicted molar refractivity (Wildman–Crippen MR) is 54.4 cm³/mol. The van der Waals surface area contributed by atoms with Gasteiger partial charge in [-0.1, -0.05) is 23.2 Å². The van der Waals surface area contributed by atoms with Crippen molar-refractivity contribution in [1.29, 1.82) is 0 Å². The van der Waals surface area contributed by atoms with Crippen LogP contribution in [0.25, 0.3) is 0 Å². The van der Waals surface area contributed by atoms with Crippen LogP contribution in [-0.4, -0.2) is 11.7 Å². The molecule has 0 saturated heterocycles. The van der Waals surface area contributed by atoms with Crippen molar-refractivity contribution in [1.82, 2.24) is 0 Å². The van der Waals surface area contributed by atoms with E-state index in [0.717, 1.165) is 17.0 Å². The van der Waals surface area contributed by atoms with Crippen molar-refractivity contribution in [2.24, 2.45) is 5.92 Å². The number of hydrogen-bond acceptors (Lipinski definition) is 1. The summed E-state index contributed by atoms with van der Waals surface area (Å²) in [6.45, 7) is 0.244. The van der Waals surface area contributed by atoms with E-state index in [1.807, 2.05) is 12.1 Å². The van der Waals surface area contributed by atoms with Crippen LogP contribution in [0.2, 0.25) is 10.0 Å². The average molecular weight is 217 g/mol. The molecule has 0 spiro atoms. The summed E-state index contributed by atoms with van der Waals surface area (Å²) < 4.78 is 0. The molecule has 0 amide bonds. The molecule has 13 heavy (non-hydrogen) atoms. The molecule has 70 valence electrons. The number of rotatable bonds is 2. The molecule has 0 heterocycles. The Morgan fingerprint density at radius 3 is 2.77 bits per heavy atom. The van der Waals surface area contributed by atoms with Crippen LogP contribution < -0.4 is 0 Å². The van der Waals surface area contributed by atoms with Crippen molar-refractivity contribution in [3.8, 4) is 0 Å². The van der Waals surface area contributed by atoms with Gasteiger partial charge in [-0.05, 0) is 42.0 Å². The normalized spacial score (nSPS) is 26.1. The molecular weight excluding hydrogens is 207 g/mol. The minimum absolute atomic E-state index is 0.244. The summed E-state index contributed by atoms with van der Waals surface area (Å²) in [6, 6.07) is 5.49. The van der Waals surface area contributed by atoms with Crippen LogP contribution in [0, 0.1) is 5.92 Å². The van der Waals surface area contributed by atoms with Crippen molar-refractivity contribution in [3.63, 3.8) is 0 Å². The second-order valence-corrected chi connectivity index (χ2v) is 4.29. The standard InChI is InChI=1S/C10H10Cl2O/c11-7-1-2-10(12)9(4-7)8-3-6(8)5-13/h1-2,4,6,8,13H,3,5H2/t6-,8+/m1/s1. The van der Waals surface area contributed by atoms with E-state index in [-0.39, 0.29) is 6.61 Å². The summed E-state index contributed by atoms with van der Waals surface area (Å²) in [5.41, 5.74) is 1.08. The highest BCUT2D eigenvalue weighted by molar-refractivity contribution is 6.33. The van der Waals surface area contributed by atoms with Crippen LogP contribution in [0.1, 0.15) is 17.9 Å². The van der Waals surface area contributed by atoms with Gasteiger partial charge in [0.1, 0.15) is 0 Å². The maximum Gasteiger partial charge on any atom is 0.0465 e. The fraction of sp³-hybridized carbons (Fsp3) is 0.400. The maximum absolute atomic E-state index is 8.92. The van der Waals surface area contributed by atoms with Crippen LogP contribution in [0.4, 0.5) is 0 Å². The molecule has 1 aromatic rings. The molecule has 0 radical (unpaired) electrons. The van der Waals surface area contributed by atoms with Crippen LogP contribution in [0.3, 0.4) is 0 Å². The zero-order chi connectivity index (χ0) is 9.42. The lowest BCUT2D eigenvalue weighted by molar-refractivity contribution is 0.274. The average Bonchev–Trinajstić information content (AvgIpc) is 2.88. The summed E-state index contributed by atoms with van der Waals surface area (Å²) in [7, 11) is 0. The molecule has 1 aliphatic rings. The highest BCUT2D eigenvalue weighted by Gasteiger charge is 2.38. The van der Waals surface area contributed by atoms with Crippen molar-refractivity contribution >= 4 is 23.2 Å². The molecule has 3 heteroatoms. The van der Waals surface area contributed by atoms with Crippen LogP contribution in [-0.2, 0) is 0 Å². The predicted octanol–water partition coefficient (Wildman–Crippen LogP) is 3.09. The Kier molecular flexibility index (Phi) is 2.50. The number of benzene rings is 1. The van der Waals surface area contributed by atoms with Crippen LogP contribution in [0.5, 0.6) is 0 Å². The fourth-order valence-corrected chi connectivity index (χ4v) is 2.07. The molecule has 1 nitrogen and oxygen atoms in total. The smallest absolute Gasteiger partial charge is 0.0465 e. The summed E-state index contributed by atoms with van der Waals surface area (Å²) in [4.78, 5) is 0. The van der Waals surface area contributed by atoms with Gasteiger partial charge in [0.2, 0.25) is 0 Å². The van der Waals surface area contributed by atoms with Gasteiger partial charge >= 0.3 is 0 Å². The third-order valence-corrected chi connectivity index (χ3v) is 3.09. The zero-order valence-electron chi connectivity index (χ0n) is 7.00. The molecule has 0 aromatic heterocycles. The quantitative estimate of drug-likeness (QED) is 0.806. The summed E-state index contributed by atoms with van der Waals surface area (Å²) >= 11 is 11.9. The Morgan fingerprint density at radius 1 is 1.38 bits per heavy atom. The second-order valence-electron chi connectivity index (χ2n) is 3.45. The lowest BCUT2D eigenvalue weighted by Crippen LogP contribution is -1.89. The monoisotopic (exact) mass is 216 g/mol. The van der Waals surface area contributed by atoms with Crippen molar-refractivity contribution < 1.29 is 5.11 Å². The van der Waals surface area contributed by atoms with Gasteiger partial charge in [-0.25, -0.2) is 0 Å². The van der Waals surface area contributed by atoms with E-state index < -0.39 is 0 Å². The van der Waals surface area contributed by atoms with Crippen molar-refractivity contribution in [2.75, 3.05) is 6.61 Å². The Hall–Kier alpha value is -0.240. The van der Waals surface area contributed by atoms with E-state index >= 15 is 0 Å². The van der Waals surface area contributed by atoms with E-state index in [0.29, 0.717) is 16.9 Å². The van der Waals surface area contributed by atoms with Gasteiger partial charge in [0.15, 0.2) is 0 Å². The van der Waals surface area contributed by atoms with Gasteiger partial charge < -0.3 is 5.11 Å². The molecule has 2 rings (SSSR count). The molecule has 1 aliphatic carbocycles. The van der Waals surface area contributed by atoms with E-state index in [9.17, 15) is 0 Å². The first-order valence-corrected chi connectivity index (χ1v) is 5.03. The molecule has 1 saturated carbocycles. The number of halogens is 2. The first kappa shape index (κ1) is 9.32. The number of aliphatic hydroxyl groups is 1. The van der Waals surface area contributed by atoms with E-state index in [4.69, 9.17) is 28.3 Å². The van der Waals surface area contributed by atoms with Crippen LogP contribution in [0.15, 0.2) is 18.2 Å². The van der Waals surface area contributed by atoms with E-state index in [2.05, 4.69) is 0 Å². The molecule has 1 aromatic carbocycles. The van der Waals surface area contributed by atoms with E-state index in [1.165, 1.54) is 0 Å². The molecule has 0 unspecified atom stereocenters. The minimum Gasteiger partial charge on any atom is -0.396 e. The second kappa shape index (κ2) is 3.49. The van der Waals surface area contributed by atoms with Gasteiger partial charge in [-0.3, -0.25) is 0 Å². The summed E-state index contributed by atoms with van der Waals surface area (Å²) in [5.74, 6) is 0.798. The largest absolute Gasteiger partial charge is 0.396 e. The maximum atomic E-state index is 8.92. The number of hydrogen-bond donors (Lipinski definition) is 1. The van der Waals surface area contributed by atoms with Gasteiger partial charge in [0, 0.05) is 16.7 Å². The molecule has 2 atom stereocenters. The Labute approximate surface area is 87.3 Å². The van der Waals surface area contributed by atoms with Crippen molar-refractivity contribution in [2.45, 2.75) is 12.3 Å². The fourth-order valence-electron chi connectivity index (χ4n) is 1.63. The molecular formula is C10H10Cl2O. The first-order valence-electron chi connectivity index (χ1n) is 4.28. The van der Waals surface area contributed by atoms with Gasteiger partial charge in [0.05, 0.1) is 0 Å². The SMILES string of the molecule is OC[C@H]1C[C@@H]1c1cc(Cl)ccc1Cl. The van der Waals surface area contributed by atoms with E-state index in [1.54, 1.807) is 6.07 Å². The lowest BCUT2D eigenvalue weighted by Gasteiger charge is -2.02. The van der Waals surface area contributed by atoms with Gasteiger partial charge in [-0.2, -0.15) is 0 Å². The number of aliphatic hydroxyl groups excluding tert-OH is 1. The minimum atomic E-state index is 0.244.